The van der Waals surface area contributed by atoms with Gasteiger partial charge in [0.15, 0.2) is 23.3 Å². The van der Waals surface area contributed by atoms with E-state index in [0.29, 0.717) is 0 Å². The van der Waals surface area contributed by atoms with Crippen molar-refractivity contribution in [2.75, 3.05) is 0 Å². The highest BCUT2D eigenvalue weighted by atomic mass is 19.2. The standard InChI is InChI=1S/C10H4F4O/c11-5-4-6(12)10(14)8(9(5)13)7-2-1-3-15-7/h1-4H. The topological polar surface area (TPSA) is 13.1 Å². The summed E-state index contributed by atoms with van der Waals surface area (Å²) in [6.07, 6.45) is 1.15. The molecular formula is C10H4F4O. The van der Waals surface area contributed by atoms with E-state index in [4.69, 9.17) is 0 Å². The maximum atomic E-state index is 13.2. The first-order chi connectivity index (χ1) is 7.11. The predicted octanol–water partition coefficient (Wildman–Crippen LogP) is 3.50. The Morgan fingerprint density at radius 3 is 2.00 bits per heavy atom. The van der Waals surface area contributed by atoms with E-state index >= 15 is 0 Å². The summed E-state index contributed by atoms with van der Waals surface area (Å²) in [5, 5.41) is 0. The molecule has 0 aliphatic carbocycles. The summed E-state index contributed by atoms with van der Waals surface area (Å²) in [4.78, 5) is 0. The van der Waals surface area contributed by atoms with Crippen molar-refractivity contribution < 1.29 is 22.0 Å². The second kappa shape index (κ2) is 3.42. The van der Waals surface area contributed by atoms with Crippen LogP contribution in [0, 0.1) is 23.3 Å². The van der Waals surface area contributed by atoms with Crippen molar-refractivity contribution in [2.24, 2.45) is 0 Å². The van der Waals surface area contributed by atoms with Crippen molar-refractivity contribution in [3.63, 3.8) is 0 Å². The molecule has 5 heteroatoms. The van der Waals surface area contributed by atoms with E-state index in [0.717, 1.165) is 6.26 Å². The molecule has 1 aromatic carbocycles. The number of hydrogen-bond acceptors (Lipinski definition) is 1. The zero-order valence-corrected chi connectivity index (χ0v) is 7.23. The molecule has 0 radical (unpaired) electrons. The molecule has 0 unspecified atom stereocenters. The van der Waals surface area contributed by atoms with Crippen molar-refractivity contribution in [1.29, 1.82) is 0 Å². The molecule has 0 aliphatic rings. The summed E-state index contributed by atoms with van der Waals surface area (Å²) >= 11 is 0. The molecule has 0 saturated heterocycles. The Balaban J connectivity index is 2.75. The molecule has 0 aliphatic heterocycles. The van der Waals surface area contributed by atoms with Gasteiger partial charge in [0.25, 0.3) is 0 Å². The van der Waals surface area contributed by atoms with Gasteiger partial charge < -0.3 is 4.42 Å². The van der Waals surface area contributed by atoms with Gasteiger partial charge in [0.1, 0.15) is 5.76 Å². The second-order valence-electron chi connectivity index (χ2n) is 2.82. The lowest BCUT2D eigenvalue weighted by molar-refractivity contribution is 0.451. The minimum absolute atomic E-state index is 0.150. The largest absolute Gasteiger partial charge is 0.464 e. The van der Waals surface area contributed by atoms with E-state index in [1.807, 2.05) is 0 Å². The Bertz CT molecular complexity index is 464. The maximum Gasteiger partial charge on any atom is 0.172 e. The van der Waals surface area contributed by atoms with Crippen LogP contribution in [0.1, 0.15) is 0 Å². The third-order valence-corrected chi connectivity index (χ3v) is 1.88. The minimum Gasteiger partial charge on any atom is -0.464 e. The fourth-order valence-corrected chi connectivity index (χ4v) is 1.21. The molecule has 0 saturated carbocycles. The normalized spacial score (nSPS) is 10.7. The average molecular weight is 216 g/mol. The van der Waals surface area contributed by atoms with Gasteiger partial charge in [-0.3, -0.25) is 0 Å². The molecule has 0 bridgehead atoms. The van der Waals surface area contributed by atoms with Crippen LogP contribution in [0.2, 0.25) is 0 Å². The summed E-state index contributed by atoms with van der Waals surface area (Å²) in [6, 6.07) is 2.72. The molecule has 2 aromatic rings. The average Bonchev–Trinajstić information content (AvgIpc) is 2.69. The van der Waals surface area contributed by atoms with E-state index in [1.165, 1.54) is 12.1 Å². The van der Waals surface area contributed by atoms with Crippen molar-refractivity contribution in [1.82, 2.24) is 0 Å². The summed E-state index contributed by atoms with van der Waals surface area (Å²) in [7, 11) is 0. The zero-order chi connectivity index (χ0) is 11.0. The summed E-state index contributed by atoms with van der Waals surface area (Å²) in [5.74, 6) is -6.11. The van der Waals surface area contributed by atoms with E-state index < -0.39 is 28.8 Å². The quantitative estimate of drug-likeness (QED) is 0.525. The first-order valence-electron chi connectivity index (χ1n) is 3.98. The van der Waals surface area contributed by atoms with E-state index in [2.05, 4.69) is 4.42 Å². The van der Waals surface area contributed by atoms with Gasteiger partial charge in [0.05, 0.1) is 11.8 Å². The van der Waals surface area contributed by atoms with Crippen molar-refractivity contribution in [3.05, 3.63) is 47.7 Å². The van der Waals surface area contributed by atoms with Crippen LogP contribution in [0.5, 0.6) is 0 Å². The van der Waals surface area contributed by atoms with E-state index in [1.54, 1.807) is 0 Å². The first-order valence-corrected chi connectivity index (χ1v) is 3.98. The lowest BCUT2D eigenvalue weighted by atomic mass is 10.1. The summed E-state index contributed by atoms with van der Waals surface area (Å²) in [6.45, 7) is 0. The van der Waals surface area contributed by atoms with Crippen LogP contribution in [0.25, 0.3) is 11.3 Å². The fourth-order valence-electron chi connectivity index (χ4n) is 1.21. The Labute approximate surface area is 81.9 Å². The molecule has 15 heavy (non-hydrogen) atoms. The molecule has 0 spiro atoms. The smallest absolute Gasteiger partial charge is 0.172 e. The van der Waals surface area contributed by atoms with Gasteiger partial charge in [-0.05, 0) is 12.1 Å². The highest BCUT2D eigenvalue weighted by molar-refractivity contribution is 5.59. The van der Waals surface area contributed by atoms with Crippen LogP contribution in [0.4, 0.5) is 17.6 Å². The van der Waals surface area contributed by atoms with E-state index in [9.17, 15) is 17.6 Å². The van der Waals surface area contributed by atoms with E-state index in [-0.39, 0.29) is 11.8 Å². The van der Waals surface area contributed by atoms with Crippen LogP contribution in [0.15, 0.2) is 28.9 Å². The molecule has 1 nitrogen and oxygen atoms in total. The van der Waals surface area contributed by atoms with Crippen molar-refractivity contribution in [2.45, 2.75) is 0 Å². The molecule has 0 amide bonds. The number of benzene rings is 1. The molecular weight excluding hydrogens is 212 g/mol. The Morgan fingerprint density at radius 2 is 1.53 bits per heavy atom. The van der Waals surface area contributed by atoms with Crippen LogP contribution in [-0.2, 0) is 0 Å². The first kappa shape index (κ1) is 9.76. The highest BCUT2D eigenvalue weighted by Crippen LogP contribution is 2.29. The highest BCUT2D eigenvalue weighted by Gasteiger charge is 2.21. The minimum atomic E-state index is -1.47. The summed E-state index contributed by atoms with van der Waals surface area (Å²) in [5.41, 5.74) is -0.836. The van der Waals surface area contributed by atoms with Crippen molar-refractivity contribution >= 4 is 0 Å². The van der Waals surface area contributed by atoms with Gasteiger partial charge in [-0.15, -0.1) is 0 Å². The fraction of sp³-hybridized carbons (Fsp3) is 0. The van der Waals surface area contributed by atoms with Crippen LogP contribution in [0.3, 0.4) is 0 Å². The monoisotopic (exact) mass is 216 g/mol. The number of hydrogen-bond donors (Lipinski definition) is 0. The van der Waals surface area contributed by atoms with Gasteiger partial charge in [-0.1, -0.05) is 0 Å². The Morgan fingerprint density at radius 1 is 0.933 bits per heavy atom. The number of halogens is 4. The lowest BCUT2D eigenvalue weighted by Crippen LogP contribution is -1.97. The lowest BCUT2D eigenvalue weighted by Gasteiger charge is -2.03. The molecule has 78 valence electrons. The Kier molecular flexibility index (Phi) is 2.22. The zero-order valence-electron chi connectivity index (χ0n) is 7.23. The third kappa shape index (κ3) is 1.49. The van der Waals surface area contributed by atoms with Gasteiger partial charge in [-0.2, -0.15) is 0 Å². The van der Waals surface area contributed by atoms with Gasteiger partial charge in [-0.25, -0.2) is 17.6 Å². The molecule has 0 atom stereocenters. The molecule has 1 aromatic heterocycles. The molecule has 0 fully saturated rings. The van der Waals surface area contributed by atoms with Crippen LogP contribution < -0.4 is 0 Å². The third-order valence-electron chi connectivity index (χ3n) is 1.88. The van der Waals surface area contributed by atoms with Crippen LogP contribution >= 0.6 is 0 Å². The maximum absolute atomic E-state index is 13.2. The predicted molar refractivity (Wildman–Crippen MR) is 44.0 cm³/mol. The van der Waals surface area contributed by atoms with Gasteiger partial charge in [0.2, 0.25) is 0 Å². The van der Waals surface area contributed by atoms with Crippen LogP contribution in [-0.4, -0.2) is 0 Å². The Hall–Kier alpha value is -1.78. The van der Waals surface area contributed by atoms with Crippen molar-refractivity contribution in [3.8, 4) is 11.3 Å². The molecule has 0 N–H and O–H groups in total. The number of furan rings is 1. The molecule has 1 heterocycles. The van der Waals surface area contributed by atoms with Gasteiger partial charge in [0, 0.05) is 6.07 Å². The number of rotatable bonds is 1. The second-order valence-corrected chi connectivity index (χ2v) is 2.82. The molecule has 2 rings (SSSR count). The van der Waals surface area contributed by atoms with Gasteiger partial charge >= 0.3 is 0 Å². The summed E-state index contributed by atoms with van der Waals surface area (Å²) < 4.78 is 56.6. The SMILES string of the molecule is Fc1cc(F)c(F)c(-c2ccco2)c1F.